The first kappa shape index (κ1) is 12.4. The van der Waals surface area contributed by atoms with Crippen molar-refractivity contribution in [3.05, 3.63) is 30.0 Å². The summed E-state index contributed by atoms with van der Waals surface area (Å²) in [6.45, 7) is 2.07. The summed E-state index contributed by atoms with van der Waals surface area (Å²) in [5, 5.41) is 10.3. The number of phenolic OH excluding ortho intramolecular Hbond substituents is 1. The van der Waals surface area contributed by atoms with E-state index in [4.69, 9.17) is 10.5 Å². The van der Waals surface area contributed by atoms with Crippen LogP contribution in [-0.4, -0.2) is 28.7 Å². The fraction of sp³-hybridized carbons (Fsp3) is 0.308. The van der Waals surface area contributed by atoms with Crippen LogP contribution in [0.1, 0.15) is 12.6 Å². The van der Waals surface area contributed by atoms with E-state index in [9.17, 15) is 9.90 Å². The second-order valence-electron chi connectivity index (χ2n) is 4.13. The van der Waals surface area contributed by atoms with Gasteiger partial charge in [0.15, 0.2) is 0 Å². The molecule has 0 amide bonds. The molecule has 0 saturated carbocycles. The fourth-order valence-corrected chi connectivity index (χ4v) is 1.86. The number of rotatable bonds is 4. The van der Waals surface area contributed by atoms with Crippen molar-refractivity contribution < 1.29 is 14.6 Å². The molecule has 0 aliphatic carbocycles. The van der Waals surface area contributed by atoms with E-state index < -0.39 is 12.0 Å². The van der Waals surface area contributed by atoms with Gasteiger partial charge in [-0.25, -0.2) is 0 Å². The number of nitrogens with two attached hydrogens (primary N) is 1. The monoisotopic (exact) mass is 248 g/mol. The zero-order valence-electron chi connectivity index (χ0n) is 10.1. The lowest BCUT2D eigenvalue weighted by molar-refractivity contribution is -0.144. The highest BCUT2D eigenvalue weighted by molar-refractivity contribution is 5.82. The predicted octanol–water partition coefficient (Wildman–Crippen LogP) is 1.31. The quantitative estimate of drug-likeness (QED) is 0.712. The number of carbonyl (C=O) groups excluding carboxylic acids is 1. The molecule has 4 N–H and O–H groups in total. The summed E-state index contributed by atoms with van der Waals surface area (Å²) in [4.78, 5) is 14.6. The summed E-state index contributed by atoms with van der Waals surface area (Å²) >= 11 is 0. The van der Waals surface area contributed by atoms with Crippen molar-refractivity contribution in [3.8, 4) is 5.75 Å². The van der Waals surface area contributed by atoms with Crippen molar-refractivity contribution in [2.45, 2.75) is 19.4 Å². The average molecular weight is 248 g/mol. The predicted molar refractivity (Wildman–Crippen MR) is 68.3 cm³/mol. The standard InChI is InChI=1S/C13H16N2O3/c1-2-18-13(17)11(14)7-9-5-8-6-10(16)3-4-12(8)15-9/h3-6,11,15-16H,2,7,14H2,1H3. The lowest BCUT2D eigenvalue weighted by Crippen LogP contribution is -2.34. The molecule has 1 aromatic heterocycles. The Morgan fingerprint density at radius 1 is 1.50 bits per heavy atom. The van der Waals surface area contributed by atoms with E-state index in [1.807, 2.05) is 6.07 Å². The molecule has 0 fully saturated rings. The van der Waals surface area contributed by atoms with Gasteiger partial charge < -0.3 is 20.6 Å². The number of aromatic hydroxyl groups is 1. The van der Waals surface area contributed by atoms with Gasteiger partial charge in [0.25, 0.3) is 0 Å². The first-order chi connectivity index (χ1) is 8.60. The number of benzene rings is 1. The lowest BCUT2D eigenvalue weighted by Gasteiger charge is -2.08. The zero-order chi connectivity index (χ0) is 13.1. The third-order valence-corrected chi connectivity index (χ3v) is 2.69. The van der Waals surface area contributed by atoms with Crippen LogP contribution in [0.25, 0.3) is 10.9 Å². The molecule has 0 saturated heterocycles. The maximum atomic E-state index is 11.4. The summed E-state index contributed by atoms with van der Waals surface area (Å²) in [5.41, 5.74) is 7.49. The normalized spacial score (nSPS) is 12.6. The number of H-pyrrole nitrogens is 1. The fourth-order valence-electron chi connectivity index (χ4n) is 1.86. The molecule has 1 heterocycles. The molecule has 5 nitrogen and oxygen atoms in total. The van der Waals surface area contributed by atoms with Crippen LogP contribution in [0.4, 0.5) is 0 Å². The molecule has 0 aliphatic heterocycles. The molecule has 5 heteroatoms. The number of aromatic nitrogens is 1. The van der Waals surface area contributed by atoms with Gasteiger partial charge >= 0.3 is 5.97 Å². The Hall–Kier alpha value is -2.01. The zero-order valence-corrected chi connectivity index (χ0v) is 10.1. The number of esters is 1. The Morgan fingerprint density at radius 2 is 2.28 bits per heavy atom. The number of phenols is 1. The van der Waals surface area contributed by atoms with Gasteiger partial charge in [-0.05, 0) is 31.2 Å². The summed E-state index contributed by atoms with van der Waals surface area (Å²) in [6, 6.07) is 6.24. The van der Waals surface area contributed by atoms with Crippen LogP contribution in [-0.2, 0) is 16.0 Å². The number of fused-ring (bicyclic) bond motifs is 1. The Labute approximate surface area is 105 Å². The van der Waals surface area contributed by atoms with Gasteiger partial charge in [-0.15, -0.1) is 0 Å². The van der Waals surface area contributed by atoms with E-state index >= 15 is 0 Å². The van der Waals surface area contributed by atoms with Gasteiger partial charge in [-0.1, -0.05) is 0 Å². The number of aromatic amines is 1. The molecule has 2 rings (SSSR count). The van der Waals surface area contributed by atoms with E-state index in [2.05, 4.69) is 4.98 Å². The minimum Gasteiger partial charge on any atom is -0.508 e. The highest BCUT2D eigenvalue weighted by atomic mass is 16.5. The van der Waals surface area contributed by atoms with Gasteiger partial charge in [0.2, 0.25) is 0 Å². The van der Waals surface area contributed by atoms with E-state index in [0.717, 1.165) is 16.6 Å². The van der Waals surface area contributed by atoms with Crippen LogP contribution in [0.5, 0.6) is 5.75 Å². The molecule has 0 aliphatic rings. The summed E-state index contributed by atoms with van der Waals surface area (Å²) in [7, 11) is 0. The molecule has 18 heavy (non-hydrogen) atoms. The molecule has 1 unspecified atom stereocenters. The molecule has 0 bridgehead atoms. The first-order valence-electron chi connectivity index (χ1n) is 5.83. The molecule has 0 radical (unpaired) electrons. The van der Waals surface area contributed by atoms with Gasteiger partial charge in [0.1, 0.15) is 11.8 Å². The SMILES string of the molecule is CCOC(=O)C(N)Cc1cc2cc(O)ccc2[nH]1. The van der Waals surface area contributed by atoms with E-state index in [0.29, 0.717) is 13.0 Å². The van der Waals surface area contributed by atoms with Gasteiger partial charge in [0.05, 0.1) is 6.61 Å². The van der Waals surface area contributed by atoms with Gasteiger partial charge in [0, 0.05) is 23.0 Å². The van der Waals surface area contributed by atoms with E-state index in [1.165, 1.54) is 0 Å². The Kier molecular flexibility index (Phi) is 3.53. The lowest BCUT2D eigenvalue weighted by atomic mass is 10.1. The molecular formula is C13H16N2O3. The molecule has 2 aromatic rings. The highest BCUT2D eigenvalue weighted by Gasteiger charge is 2.16. The molecule has 1 atom stereocenters. The smallest absolute Gasteiger partial charge is 0.323 e. The summed E-state index contributed by atoms with van der Waals surface area (Å²) in [6.07, 6.45) is 0.383. The van der Waals surface area contributed by atoms with Crippen LogP contribution in [0, 0.1) is 0 Å². The Bertz CT molecular complexity index is 562. The van der Waals surface area contributed by atoms with Crippen molar-refractivity contribution in [1.82, 2.24) is 4.98 Å². The number of carbonyl (C=O) groups is 1. The number of hydrogen-bond acceptors (Lipinski definition) is 4. The van der Waals surface area contributed by atoms with Crippen molar-refractivity contribution >= 4 is 16.9 Å². The van der Waals surface area contributed by atoms with Crippen LogP contribution in [0.2, 0.25) is 0 Å². The molecule has 1 aromatic carbocycles. The summed E-state index contributed by atoms with van der Waals surface area (Å²) < 4.78 is 4.85. The summed E-state index contributed by atoms with van der Waals surface area (Å²) in [5.74, 6) is -0.193. The number of hydrogen-bond donors (Lipinski definition) is 3. The van der Waals surface area contributed by atoms with Crippen molar-refractivity contribution in [2.75, 3.05) is 6.61 Å². The second-order valence-corrected chi connectivity index (χ2v) is 4.13. The maximum absolute atomic E-state index is 11.4. The van der Waals surface area contributed by atoms with Crippen molar-refractivity contribution in [1.29, 1.82) is 0 Å². The van der Waals surface area contributed by atoms with Crippen molar-refractivity contribution in [3.63, 3.8) is 0 Å². The largest absolute Gasteiger partial charge is 0.508 e. The van der Waals surface area contributed by atoms with E-state index in [-0.39, 0.29) is 5.75 Å². The van der Waals surface area contributed by atoms with Crippen LogP contribution >= 0.6 is 0 Å². The molecular weight excluding hydrogens is 232 g/mol. The molecule has 96 valence electrons. The number of nitrogens with one attached hydrogen (secondary N) is 1. The van der Waals surface area contributed by atoms with Crippen molar-refractivity contribution in [2.24, 2.45) is 5.73 Å². The van der Waals surface area contributed by atoms with Crippen LogP contribution in [0.15, 0.2) is 24.3 Å². The topological polar surface area (TPSA) is 88.3 Å². The minimum absolute atomic E-state index is 0.211. The van der Waals surface area contributed by atoms with Gasteiger partial charge in [-0.2, -0.15) is 0 Å². The average Bonchev–Trinajstić information content (AvgIpc) is 2.70. The number of ether oxygens (including phenoxy) is 1. The Balaban J connectivity index is 2.14. The van der Waals surface area contributed by atoms with Gasteiger partial charge in [-0.3, -0.25) is 4.79 Å². The Morgan fingerprint density at radius 3 is 3.00 bits per heavy atom. The maximum Gasteiger partial charge on any atom is 0.323 e. The third-order valence-electron chi connectivity index (χ3n) is 2.69. The third kappa shape index (κ3) is 2.62. The highest BCUT2D eigenvalue weighted by Crippen LogP contribution is 2.21. The second kappa shape index (κ2) is 5.10. The van der Waals surface area contributed by atoms with Crippen LogP contribution < -0.4 is 5.73 Å². The van der Waals surface area contributed by atoms with Crippen LogP contribution in [0.3, 0.4) is 0 Å². The van der Waals surface area contributed by atoms with E-state index in [1.54, 1.807) is 25.1 Å². The molecule has 0 spiro atoms. The first-order valence-corrected chi connectivity index (χ1v) is 5.83. The minimum atomic E-state index is -0.674.